The number of benzene rings is 2. The Morgan fingerprint density at radius 2 is 1.47 bits per heavy atom. The molecule has 2 aromatic carbocycles. The van der Waals surface area contributed by atoms with Crippen molar-refractivity contribution in [1.29, 1.82) is 0 Å². The fourth-order valence-electron chi connectivity index (χ4n) is 4.44. The van der Waals surface area contributed by atoms with Gasteiger partial charge in [0.15, 0.2) is 0 Å². The van der Waals surface area contributed by atoms with E-state index in [9.17, 15) is 22.0 Å². The molecule has 0 heterocycles. The van der Waals surface area contributed by atoms with Gasteiger partial charge in [0.25, 0.3) is 0 Å². The molecule has 1 aliphatic rings. The van der Waals surface area contributed by atoms with Gasteiger partial charge in [0, 0.05) is 0 Å². The van der Waals surface area contributed by atoms with Crippen molar-refractivity contribution in [2.24, 2.45) is 5.92 Å². The Hall–Kier alpha value is -2.15. The van der Waals surface area contributed by atoms with Gasteiger partial charge >= 0.3 is 12.5 Å². The number of hydrogen-bond donors (Lipinski definition) is 0. The third-order valence-electron chi connectivity index (χ3n) is 6.17. The lowest BCUT2D eigenvalue weighted by molar-refractivity contribution is -0.274. The minimum atomic E-state index is -4.81. The maximum atomic E-state index is 14.7. The van der Waals surface area contributed by atoms with Crippen LogP contribution in [0.15, 0.2) is 48.5 Å². The molecule has 1 saturated carbocycles. The van der Waals surface area contributed by atoms with Gasteiger partial charge in [0.1, 0.15) is 5.75 Å². The predicted octanol–water partition coefficient (Wildman–Crippen LogP) is 8.49. The first kappa shape index (κ1) is 24.5. The first-order valence-electron chi connectivity index (χ1n) is 11.1. The van der Waals surface area contributed by atoms with Crippen molar-refractivity contribution < 1.29 is 31.4 Å². The summed E-state index contributed by atoms with van der Waals surface area (Å²) in [5, 5.41) is 0. The van der Waals surface area contributed by atoms with E-state index in [1.165, 1.54) is 56.9 Å². The minimum Gasteiger partial charge on any atom is -0.406 e. The standard InChI is InChI=1S/C25H29F5O2/c1-3-4-18-5-7-20(8-6-18)21-9-13-22(14-10-21)24(26,27)31-17(2)19-11-15-23(16-12-19)32-25(28,29)30/h9-18,20H,3-8H2,1-2H3. The van der Waals surface area contributed by atoms with E-state index in [1.54, 1.807) is 12.1 Å². The molecule has 3 rings (SSSR count). The fourth-order valence-corrected chi connectivity index (χ4v) is 4.44. The molecule has 1 aliphatic carbocycles. The van der Waals surface area contributed by atoms with Crippen molar-refractivity contribution in [1.82, 2.24) is 0 Å². The molecule has 176 valence electrons. The first-order chi connectivity index (χ1) is 15.1. The summed E-state index contributed by atoms with van der Waals surface area (Å²) in [6.07, 6.45) is -2.37. The monoisotopic (exact) mass is 456 g/mol. The van der Waals surface area contributed by atoms with Crippen molar-refractivity contribution in [2.45, 2.75) is 76.9 Å². The Bertz CT molecular complexity index is 838. The molecule has 7 heteroatoms. The Labute approximate surface area is 185 Å². The van der Waals surface area contributed by atoms with Crippen molar-refractivity contribution in [3.8, 4) is 5.75 Å². The largest absolute Gasteiger partial charge is 0.573 e. The maximum Gasteiger partial charge on any atom is 0.573 e. The minimum absolute atomic E-state index is 0.246. The van der Waals surface area contributed by atoms with E-state index in [0.717, 1.165) is 36.5 Å². The lowest BCUT2D eigenvalue weighted by atomic mass is 9.77. The van der Waals surface area contributed by atoms with E-state index < -0.39 is 24.3 Å². The molecular formula is C25H29F5O2. The van der Waals surface area contributed by atoms with Crippen LogP contribution in [0.5, 0.6) is 5.75 Å². The second-order valence-corrected chi connectivity index (χ2v) is 8.52. The summed E-state index contributed by atoms with van der Waals surface area (Å²) in [5.74, 6) is 0.770. The molecule has 0 amide bonds. The topological polar surface area (TPSA) is 18.5 Å². The number of hydrogen-bond acceptors (Lipinski definition) is 2. The molecule has 0 aromatic heterocycles. The van der Waals surface area contributed by atoms with Gasteiger partial charge in [-0.1, -0.05) is 56.2 Å². The average molecular weight is 456 g/mol. The molecule has 2 aromatic rings. The van der Waals surface area contributed by atoms with Crippen LogP contribution in [0.3, 0.4) is 0 Å². The smallest absolute Gasteiger partial charge is 0.406 e. The number of rotatable bonds is 8. The van der Waals surface area contributed by atoms with Crippen molar-refractivity contribution in [3.63, 3.8) is 0 Å². The highest BCUT2D eigenvalue weighted by Gasteiger charge is 2.36. The highest BCUT2D eigenvalue weighted by molar-refractivity contribution is 5.30. The molecular weight excluding hydrogens is 427 g/mol. The zero-order chi connectivity index (χ0) is 23.4. The number of alkyl halides is 5. The van der Waals surface area contributed by atoms with Gasteiger partial charge in [0.05, 0.1) is 11.7 Å². The lowest BCUT2D eigenvalue weighted by Gasteiger charge is -2.29. The summed E-state index contributed by atoms with van der Waals surface area (Å²) in [6, 6.07) is 11.0. The summed E-state index contributed by atoms with van der Waals surface area (Å²) in [4.78, 5) is 0. The maximum absolute atomic E-state index is 14.7. The zero-order valence-corrected chi connectivity index (χ0v) is 18.3. The van der Waals surface area contributed by atoms with Crippen LogP contribution in [0.4, 0.5) is 22.0 Å². The Morgan fingerprint density at radius 3 is 2.00 bits per heavy atom. The molecule has 1 unspecified atom stereocenters. The van der Waals surface area contributed by atoms with Gasteiger partial charge in [-0.2, -0.15) is 8.78 Å². The molecule has 0 aliphatic heterocycles. The molecule has 1 atom stereocenters. The Balaban J connectivity index is 1.60. The van der Waals surface area contributed by atoms with Crippen molar-refractivity contribution in [3.05, 3.63) is 65.2 Å². The third kappa shape index (κ3) is 6.67. The van der Waals surface area contributed by atoms with E-state index in [-0.39, 0.29) is 5.56 Å². The fraction of sp³-hybridized carbons (Fsp3) is 0.520. The molecule has 0 N–H and O–H groups in total. The lowest BCUT2D eigenvalue weighted by Crippen LogP contribution is -2.21. The van der Waals surface area contributed by atoms with Gasteiger partial charge in [-0.3, -0.25) is 0 Å². The highest BCUT2D eigenvalue weighted by atomic mass is 19.4. The number of halogens is 5. The molecule has 0 bridgehead atoms. The molecule has 32 heavy (non-hydrogen) atoms. The normalized spacial score (nSPS) is 20.7. The van der Waals surface area contributed by atoms with E-state index in [2.05, 4.69) is 11.7 Å². The predicted molar refractivity (Wildman–Crippen MR) is 113 cm³/mol. The second-order valence-electron chi connectivity index (χ2n) is 8.52. The summed E-state index contributed by atoms with van der Waals surface area (Å²) in [5.41, 5.74) is 1.15. The summed E-state index contributed by atoms with van der Waals surface area (Å²) < 4.78 is 75.0. The van der Waals surface area contributed by atoms with Crippen molar-refractivity contribution in [2.75, 3.05) is 0 Å². The number of ether oxygens (including phenoxy) is 2. The summed E-state index contributed by atoms with van der Waals surface area (Å²) >= 11 is 0. The Morgan fingerprint density at radius 1 is 0.875 bits per heavy atom. The third-order valence-corrected chi connectivity index (χ3v) is 6.17. The van der Waals surface area contributed by atoms with Crippen LogP contribution in [-0.4, -0.2) is 6.36 Å². The van der Waals surface area contributed by atoms with Crippen LogP contribution in [0.25, 0.3) is 0 Å². The molecule has 0 saturated heterocycles. The first-order valence-corrected chi connectivity index (χ1v) is 11.1. The SMILES string of the molecule is CCCC1CCC(c2ccc(C(F)(F)OC(C)c3ccc(OC(F)(F)F)cc3)cc2)CC1. The van der Waals surface area contributed by atoms with E-state index in [1.807, 2.05) is 0 Å². The van der Waals surface area contributed by atoms with Gasteiger partial charge < -0.3 is 9.47 Å². The van der Waals surface area contributed by atoms with E-state index >= 15 is 0 Å². The van der Waals surface area contributed by atoms with E-state index in [0.29, 0.717) is 11.5 Å². The van der Waals surface area contributed by atoms with E-state index in [4.69, 9.17) is 4.74 Å². The van der Waals surface area contributed by atoms with Crippen LogP contribution in [0, 0.1) is 5.92 Å². The van der Waals surface area contributed by atoms with Crippen LogP contribution in [-0.2, 0) is 10.8 Å². The van der Waals surface area contributed by atoms with Crippen molar-refractivity contribution >= 4 is 0 Å². The van der Waals surface area contributed by atoms with Gasteiger partial charge in [-0.15, -0.1) is 13.2 Å². The van der Waals surface area contributed by atoms with Gasteiger partial charge in [-0.05, 0) is 67.7 Å². The van der Waals surface area contributed by atoms with Crippen LogP contribution in [0.1, 0.15) is 81.1 Å². The van der Waals surface area contributed by atoms with Crippen LogP contribution < -0.4 is 4.74 Å². The van der Waals surface area contributed by atoms with Gasteiger partial charge in [-0.25, -0.2) is 0 Å². The zero-order valence-electron chi connectivity index (χ0n) is 18.3. The molecule has 0 radical (unpaired) electrons. The average Bonchev–Trinajstić information content (AvgIpc) is 2.74. The quantitative estimate of drug-likeness (QED) is 0.371. The summed E-state index contributed by atoms with van der Waals surface area (Å²) in [7, 11) is 0. The molecule has 0 spiro atoms. The van der Waals surface area contributed by atoms with Gasteiger partial charge in [0.2, 0.25) is 0 Å². The van der Waals surface area contributed by atoms with Crippen LogP contribution in [0.2, 0.25) is 0 Å². The molecule has 2 nitrogen and oxygen atoms in total. The molecule has 1 fully saturated rings. The van der Waals surface area contributed by atoms with Crippen LogP contribution >= 0.6 is 0 Å². The summed E-state index contributed by atoms with van der Waals surface area (Å²) in [6.45, 7) is 3.63. The second kappa shape index (κ2) is 10.2. The highest BCUT2D eigenvalue weighted by Crippen LogP contribution is 2.40. The Kier molecular flexibility index (Phi) is 7.80.